The number of oxazole rings is 1. The number of hydrogen-bond donors (Lipinski definition) is 0. The summed E-state index contributed by atoms with van der Waals surface area (Å²) in [7, 11) is -1.32. The minimum absolute atomic E-state index is 0.664. The SMILES string of the molecule is CCO/C(=C/c1oc2ccc(OC)cc2[n+]1C)CC.[O-][Cl+3]([O-])([O-])[O-]. The molecular weight excluding hydrogens is 342 g/mol. The van der Waals surface area contributed by atoms with Crippen LogP contribution in [0.3, 0.4) is 0 Å². The smallest absolute Gasteiger partial charge is 0.377 e. The topological polar surface area (TPSA) is 128 Å². The van der Waals surface area contributed by atoms with Crippen molar-refractivity contribution in [3.05, 3.63) is 29.8 Å². The number of ether oxygens (including phenoxy) is 2. The van der Waals surface area contributed by atoms with Crippen molar-refractivity contribution in [3.8, 4) is 5.75 Å². The van der Waals surface area contributed by atoms with E-state index in [2.05, 4.69) is 6.92 Å². The number of allylic oxidation sites excluding steroid dienone is 1. The van der Waals surface area contributed by atoms with E-state index in [1.807, 2.05) is 42.8 Å². The molecule has 1 heterocycles. The van der Waals surface area contributed by atoms with E-state index >= 15 is 0 Å². The lowest BCUT2D eigenvalue weighted by atomic mass is 10.3. The minimum atomic E-state index is -4.94. The number of nitrogens with zero attached hydrogens (tertiary/aromatic N) is 1. The summed E-state index contributed by atoms with van der Waals surface area (Å²) in [5.74, 6) is 2.51. The zero-order chi connectivity index (χ0) is 18.3. The molecule has 1 aromatic carbocycles. The Morgan fingerprint density at radius 2 is 1.88 bits per heavy atom. The number of aryl methyl sites for hydroxylation is 1. The molecule has 0 atom stereocenters. The van der Waals surface area contributed by atoms with Crippen molar-refractivity contribution < 1.29 is 47.3 Å². The largest absolute Gasteiger partial charge is 0.498 e. The average Bonchev–Trinajstić information content (AvgIpc) is 2.81. The highest BCUT2D eigenvalue weighted by Gasteiger charge is 2.18. The molecule has 0 saturated heterocycles. The third-order valence-electron chi connectivity index (χ3n) is 3.04. The van der Waals surface area contributed by atoms with Crippen LogP contribution in [-0.2, 0) is 11.8 Å². The molecule has 0 saturated carbocycles. The summed E-state index contributed by atoms with van der Waals surface area (Å²) in [5, 5.41) is 0. The molecule has 24 heavy (non-hydrogen) atoms. The third kappa shape index (κ3) is 6.34. The van der Waals surface area contributed by atoms with E-state index in [1.165, 1.54) is 0 Å². The van der Waals surface area contributed by atoms with Gasteiger partial charge in [-0.15, -0.1) is 10.2 Å². The highest BCUT2D eigenvalue weighted by molar-refractivity contribution is 5.71. The van der Waals surface area contributed by atoms with E-state index in [0.29, 0.717) is 6.61 Å². The van der Waals surface area contributed by atoms with Gasteiger partial charge in [-0.25, -0.2) is 18.6 Å². The maximum absolute atomic E-state index is 8.49. The minimum Gasteiger partial charge on any atom is -0.498 e. The fourth-order valence-electron chi connectivity index (χ4n) is 1.97. The molecule has 1 aromatic heterocycles. The first-order chi connectivity index (χ1) is 11.2. The molecule has 134 valence electrons. The van der Waals surface area contributed by atoms with Crippen LogP contribution in [-0.4, -0.2) is 13.7 Å². The summed E-state index contributed by atoms with van der Waals surface area (Å²) in [5.41, 5.74) is 1.83. The Labute approximate surface area is 141 Å². The molecule has 0 amide bonds. The lowest BCUT2D eigenvalue weighted by molar-refractivity contribution is -2.00. The Bertz CT molecular complexity index is 685. The van der Waals surface area contributed by atoms with Crippen molar-refractivity contribution in [2.45, 2.75) is 20.3 Å². The van der Waals surface area contributed by atoms with E-state index in [0.717, 1.165) is 34.9 Å². The van der Waals surface area contributed by atoms with Crippen LogP contribution in [0.25, 0.3) is 17.2 Å². The molecule has 0 fully saturated rings. The monoisotopic (exact) mass is 361 g/mol. The Hall–Kier alpha value is -1.84. The zero-order valence-electron chi connectivity index (χ0n) is 13.9. The van der Waals surface area contributed by atoms with Gasteiger partial charge in [0.05, 0.1) is 25.9 Å². The zero-order valence-corrected chi connectivity index (χ0v) is 14.7. The fourth-order valence-corrected chi connectivity index (χ4v) is 1.97. The van der Waals surface area contributed by atoms with Gasteiger partial charge in [-0.3, -0.25) is 0 Å². The standard InChI is InChI=1S/C15H20NO3.ClHO4/c1-5-11(18-6-2)10-15-16(3)13-9-12(17-4)7-8-14(13)19-15;2-1(3,4)5/h7-10H,5-6H2,1-4H3;(H,2,3,4,5)/q+1;/p-1/b11-10+;. The van der Waals surface area contributed by atoms with Crippen LogP contribution in [0, 0.1) is 10.2 Å². The lowest BCUT2D eigenvalue weighted by Crippen LogP contribution is -2.68. The van der Waals surface area contributed by atoms with Gasteiger partial charge in [0.15, 0.2) is 0 Å². The third-order valence-corrected chi connectivity index (χ3v) is 3.04. The molecule has 2 aromatic rings. The second-order valence-electron chi connectivity index (χ2n) is 4.61. The van der Waals surface area contributed by atoms with Crippen LogP contribution in [0.2, 0.25) is 0 Å². The first-order valence-corrected chi connectivity index (χ1v) is 8.34. The molecule has 8 nitrogen and oxygen atoms in total. The molecule has 0 aliphatic rings. The number of halogens is 1. The van der Waals surface area contributed by atoms with Gasteiger partial charge in [-0.2, -0.15) is 4.57 Å². The van der Waals surface area contributed by atoms with Gasteiger partial charge in [0, 0.05) is 6.42 Å². The summed E-state index contributed by atoms with van der Waals surface area (Å²) in [4.78, 5) is 0. The predicted octanol–water partition coefficient (Wildman–Crippen LogP) is -1.70. The Morgan fingerprint density at radius 3 is 2.38 bits per heavy atom. The van der Waals surface area contributed by atoms with Gasteiger partial charge >= 0.3 is 5.89 Å². The molecule has 0 radical (unpaired) electrons. The van der Waals surface area contributed by atoms with Crippen LogP contribution in [0.15, 0.2) is 28.4 Å². The molecule has 2 rings (SSSR count). The number of methoxy groups -OCH3 is 1. The molecule has 0 spiro atoms. The van der Waals surface area contributed by atoms with Gasteiger partial charge < -0.3 is 13.9 Å². The number of fused-ring (bicyclic) bond motifs is 1. The van der Waals surface area contributed by atoms with E-state index in [4.69, 9.17) is 32.5 Å². The molecule has 0 unspecified atom stereocenters. The quantitative estimate of drug-likeness (QED) is 0.458. The van der Waals surface area contributed by atoms with Gasteiger partial charge in [0.2, 0.25) is 5.58 Å². The van der Waals surface area contributed by atoms with Crippen LogP contribution >= 0.6 is 0 Å². The lowest BCUT2D eigenvalue weighted by Gasteiger charge is -2.17. The summed E-state index contributed by atoms with van der Waals surface area (Å²) in [6.45, 7) is 4.71. The first kappa shape index (κ1) is 20.2. The number of rotatable bonds is 5. The molecule has 0 N–H and O–H groups in total. The van der Waals surface area contributed by atoms with E-state index < -0.39 is 10.2 Å². The van der Waals surface area contributed by atoms with E-state index in [1.54, 1.807) is 7.11 Å². The van der Waals surface area contributed by atoms with Gasteiger partial charge in [-0.1, -0.05) is 6.92 Å². The predicted molar refractivity (Wildman–Crippen MR) is 73.8 cm³/mol. The Kier molecular flexibility index (Phi) is 7.46. The molecule has 9 heteroatoms. The summed E-state index contributed by atoms with van der Waals surface area (Å²) < 4.78 is 52.6. The van der Waals surface area contributed by atoms with E-state index in [9.17, 15) is 0 Å². The molecule has 0 aliphatic carbocycles. The normalized spacial score (nSPS) is 11.9. The summed E-state index contributed by atoms with van der Waals surface area (Å²) >= 11 is 0. The van der Waals surface area contributed by atoms with Crippen molar-refractivity contribution in [1.82, 2.24) is 0 Å². The second kappa shape index (κ2) is 8.86. The summed E-state index contributed by atoms with van der Waals surface area (Å²) in [6.07, 6.45) is 2.78. The van der Waals surface area contributed by atoms with Crippen molar-refractivity contribution in [1.29, 1.82) is 0 Å². The fraction of sp³-hybridized carbons (Fsp3) is 0.400. The Balaban J connectivity index is 0.000000505. The van der Waals surface area contributed by atoms with Gasteiger partial charge in [0.25, 0.3) is 5.52 Å². The van der Waals surface area contributed by atoms with Gasteiger partial charge in [-0.05, 0) is 19.1 Å². The van der Waals surface area contributed by atoms with Crippen LogP contribution in [0.5, 0.6) is 5.75 Å². The van der Waals surface area contributed by atoms with Crippen LogP contribution in [0.4, 0.5) is 0 Å². The molecule has 0 bridgehead atoms. The number of benzene rings is 1. The second-order valence-corrected chi connectivity index (χ2v) is 5.36. The Morgan fingerprint density at radius 1 is 1.25 bits per heavy atom. The molecular formula is C15H20ClNO7. The van der Waals surface area contributed by atoms with Crippen molar-refractivity contribution in [3.63, 3.8) is 0 Å². The number of hydrogen-bond acceptors (Lipinski definition) is 7. The van der Waals surface area contributed by atoms with Crippen molar-refractivity contribution in [2.24, 2.45) is 7.05 Å². The average molecular weight is 362 g/mol. The van der Waals surface area contributed by atoms with Crippen molar-refractivity contribution >= 4 is 17.2 Å². The summed E-state index contributed by atoms with van der Waals surface area (Å²) in [6, 6.07) is 5.77. The number of aromatic nitrogens is 1. The van der Waals surface area contributed by atoms with Crippen LogP contribution in [0.1, 0.15) is 26.2 Å². The first-order valence-electron chi connectivity index (χ1n) is 7.11. The highest BCUT2D eigenvalue weighted by Crippen LogP contribution is 2.21. The highest BCUT2D eigenvalue weighted by atomic mass is 35.7. The van der Waals surface area contributed by atoms with Crippen molar-refractivity contribution in [2.75, 3.05) is 13.7 Å². The van der Waals surface area contributed by atoms with E-state index in [-0.39, 0.29) is 0 Å². The van der Waals surface area contributed by atoms with Crippen LogP contribution < -0.4 is 27.9 Å². The van der Waals surface area contributed by atoms with Gasteiger partial charge in [0.1, 0.15) is 18.6 Å². The molecule has 0 aliphatic heterocycles. The maximum atomic E-state index is 8.49. The maximum Gasteiger partial charge on any atom is 0.377 e.